The minimum Gasteiger partial charge on any atom is -0.368 e. The van der Waals surface area contributed by atoms with Gasteiger partial charge in [0, 0.05) is 13.1 Å². The fraction of sp³-hybridized carbons (Fsp3) is 0.615. The molecule has 2 aromatic rings. The summed E-state index contributed by atoms with van der Waals surface area (Å²) in [5.74, 6) is 1.55. The maximum Gasteiger partial charge on any atom is 0.224 e. The summed E-state index contributed by atoms with van der Waals surface area (Å²) in [7, 11) is 0. The second-order valence-electron chi connectivity index (χ2n) is 5.17. The quantitative estimate of drug-likeness (QED) is 0.834. The standard InChI is InChI=1S/C13H22N6/c1-4-5-6-19-8-16-10-11(15-7-9(2)3)17-13(14)18-12(10)19/h8-9H,4-7H2,1-3H3,(H3,14,15,17,18). The fourth-order valence-electron chi connectivity index (χ4n) is 1.88. The van der Waals surface area contributed by atoms with Crippen molar-refractivity contribution in [3.8, 4) is 0 Å². The molecule has 0 fully saturated rings. The molecule has 0 bridgehead atoms. The molecule has 0 unspecified atom stereocenters. The first-order valence-corrected chi connectivity index (χ1v) is 6.84. The number of nitrogens with zero attached hydrogens (tertiary/aromatic N) is 4. The molecule has 0 atom stereocenters. The number of hydrogen-bond donors (Lipinski definition) is 2. The highest BCUT2D eigenvalue weighted by Gasteiger charge is 2.12. The Kier molecular flexibility index (Phi) is 4.19. The summed E-state index contributed by atoms with van der Waals surface area (Å²) in [6.07, 6.45) is 4.05. The van der Waals surface area contributed by atoms with Crippen molar-refractivity contribution in [3.63, 3.8) is 0 Å². The van der Waals surface area contributed by atoms with Gasteiger partial charge in [-0.2, -0.15) is 9.97 Å². The van der Waals surface area contributed by atoms with E-state index >= 15 is 0 Å². The van der Waals surface area contributed by atoms with Crippen molar-refractivity contribution in [2.45, 2.75) is 40.2 Å². The Morgan fingerprint density at radius 2 is 2.16 bits per heavy atom. The van der Waals surface area contributed by atoms with Crippen LogP contribution in [0.5, 0.6) is 0 Å². The van der Waals surface area contributed by atoms with E-state index in [1.807, 2.05) is 10.9 Å². The number of aryl methyl sites for hydroxylation is 1. The Bertz CT molecular complexity index is 545. The van der Waals surface area contributed by atoms with E-state index in [2.05, 4.69) is 41.0 Å². The molecule has 6 heteroatoms. The van der Waals surface area contributed by atoms with Gasteiger partial charge in [-0.1, -0.05) is 27.2 Å². The second kappa shape index (κ2) is 5.86. The van der Waals surface area contributed by atoms with Crippen molar-refractivity contribution in [2.75, 3.05) is 17.6 Å². The van der Waals surface area contributed by atoms with Gasteiger partial charge in [0.2, 0.25) is 5.95 Å². The molecule has 0 saturated carbocycles. The van der Waals surface area contributed by atoms with Crippen LogP contribution in [0.3, 0.4) is 0 Å². The topological polar surface area (TPSA) is 81.7 Å². The molecule has 0 aliphatic rings. The molecule has 0 spiro atoms. The van der Waals surface area contributed by atoms with Crippen LogP contribution in [-0.2, 0) is 6.54 Å². The van der Waals surface area contributed by atoms with Gasteiger partial charge in [-0.05, 0) is 12.3 Å². The Labute approximate surface area is 113 Å². The van der Waals surface area contributed by atoms with Crippen LogP contribution in [0.2, 0.25) is 0 Å². The van der Waals surface area contributed by atoms with Crippen molar-refractivity contribution < 1.29 is 0 Å². The summed E-state index contributed by atoms with van der Waals surface area (Å²) in [4.78, 5) is 13.0. The number of nitrogens with two attached hydrogens (primary N) is 1. The summed E-state index contributed by atoms with van der Waals surface area (Å²) < 4.78 is 2.04. The maximum atomic E-state index is 5.78. The molecule has 0 aliphatic carbocycles. The zero-order valence-electron chi connectivity index (χ0n) is 11.8. The molecule has 2 aromatic heterocycles. The molecule has 2 heterocycles. The van der Waals surface area contributed by atoms with Crippen molar-refractivity contribution in [1.82, 2.24) is 19.5 Å². The highest BCUT2D eigenvalue weighted by Crippen LogP contribution is 2.20. The average Bonchev–Trinajstić information content (AvgIpc) is 2.76. The van der Waals surface area contributed by atoms with E-state index in [0.717, 1.165) is 42.9 Å². The van der Waals surface area contributed by atoms with Gasteiger partial charge < -0.3 is 15.6 Å². The van der Waals surface area contributed by atoms with E-state index in [9.17, 15) is 0 Å². The first-order chi connectivity index (χ1) is 9.11. The van der Waals surface area contributed by atoms with E-state index < -0.39 is 0 Å². The number of fused-ring (bicyclic) bond motifs is 1. The molecule has 19 heavy (non-hydrogen) atoms. The number of aromatic nitrogens is 4. The number of unbranched alkanes of at least 4 members (excludes halogenated alkanes) is 1. The zero-order valence-corrected chi connectivity index (χ0v) is 11.8. The van der Waals surface area contributed by atoms with E-state index in [1.165, 1.54) is 0 Å². The molecular formula is C13H22N6. The molecular weight excluding hydrogens is 240 g/mol. The molecule has 0 aliphatic heterocycles. The molecule has 2 rings (SSSR count). The van der Waals surface area contributed by atoms with Crippen LogP contribution in [0, 0.1) is 5.92 Å². The van der Waals surface area contributed by atoms with Crippen LogP contribution in [0.4, 0.5) is 11.8 Å². The third-order valence-corrected chi connectivity index (χ3v) is 2.91. The lowest BCUT2D eigenvalue weighted by Gasteiger charge is -2.09. The first-order valence-electron chi connectivity index (χ1n) is 6.84. The lowest BCUT2D eigenvalue weighted by atomic mass is 10.2. The van der Waals surface area contributed by atoms with Crippen molar-refractivity contribution in [1.29, 1.82) is 0 Å². The molecule has 0 radical (unpaired) electrons. The number of rotatable bonds is 6. The summed E-state index contributed by atoms with van der Waals surface area (Å²) >= 11 is 0. The predicted octanol–water partition coefficient (Wildman–Crippen LogP) is 2.28. The van der Waals surface area contributed by atoms with Crippen LogP contribution in [0.15, 0.2) is 6.33 Å². The van der Waals surface area contributed by atoms with Crippen LogP contribution < -0.4 is 11.1 Å². The highest BCUT2D eigenvalue weighted by atomic mass is 15.2. The SMILES string of the molecule is CCCCn1cnc2c(NCC(C)C)nc(N)nc21. The minimum atomic E-state index is 0.289. The van der Waals surface area contributed by atoms with Gasteiger partial charge in [-0.3, -0.25) is 0 Å². The average molecular weight is 262 g/mol. The third kappa shape index (κ3) is 3.13. The van der Waals surface area contributed by atoms with Crippen LogP contribution >= 0.6 is 0 Å². The lowest BCUT2D eigenvalue weighted by molar-refractivity contribution is 0.642. The van der Waals surface area contributed by atoms with Gasteiger partial charge in [0.1, 0.15) is 0 Å². The number of hydrogen-bond acceptors (Lipinski definition) is 5. The molecule has 3 N–H and O–H groups in total. The van der Waals surface area contributed by atoms with Gasteiger partial charge in [-0.15, -0.1) is 0 Å². The normalized spacial score (nSPS) is 11.4. The molecule has 6 nitrogen and oxygen atoms in total. The summed E-state index contributed by atoms with van der Waals surface area (Å²) in [5, 5.41) is 3.29. The summed E-state index contributed by atoms with van der Waals surface area (Å²) in [5.41, 5.74) is 7.39. The van der Waals surface area contributed by atoms with Gasteiger partial charge in [0.05, 0.1) is 6.33 Å². The number of anilines is 2. The second-order valence-corrected chi connectivity index (χ2v) is 5.17. The Morgan fingerprint density at radius 1 is 1.37 bits per heavy atom. The van der Waals surface area contributed by atoms with Crippen LogP contribution in [0.25, 0.3) is 11.2 Å². The predicted molar refractivity (Wildman–Crippen MR) is 78.0 cm³/mol. The van der Waals surface area contributed by atoms with Crippen molar-refractivity contribution >= 4 is 22.9 Å². The number of nitrogens with one attached hydrogen (secondary N) is 1. The highest BCUT2D eigenvalue weighted by molar-refractivity contribution is 5.84. The first kappa shape index (κ1) is 13.6. The molecule has 104 valence electrons. The number of nitrogen functional groups attached to an aromatic ring is 1. The molecule has 0 amide bonds. The largest absolute Gasteiger partial charge is 0.368 e. The monoisotopic (exact) mass is 262 g/mol. The molecule has 0 saturated heterocycles. The Morgan fingerprint density at radius 3 is 2.84 bits per heavy atom. The third-order valence-electron chi connectivity index (χ3n) is 2.91. The summed E-state index contributed by atoms with van der Waals surface area (Å²) in [6, 6.07) is 0. The Hall–Kier alpha value is -1.85. The maximum absolute atomic E-state index is 5.78. The minimum absolute atomic E-state index is 0.289. The van der Waals surface area contributed by atoms with Gasteiger partial charge in [0.25, 0.3) is 0 Å². The Balaban J connectivity index is 2.33. The number of imidazole rings is 1. The van der Waals surface area contributed by atoms with Gasteiger partial charge >= 0.3 is 0 Å². The van der Waals surface area contributed by atoms with Gasteiger partial charge in [0.15, 0.2) is 17.0 Å². The van der Waals surface area contributed by atoms with Crippen molar-refractivity contribution in [2.24, 2.45) is 5.92 Å². The van der Waals surface area contributed by atoms with Gasteiger partial charge in [-0.25, -0.2) is 4.98 Å². The van der Waals surface area contributed by atoms with Crippen molar-refractivity contribution in [3.05, 3.63) is 6.33 Å². The van der Waals surface area contributed by atoms with E-state index in [-0.39, 0.29) is 5.95 Å². The van der Waals surface area contributed by atoms with E-state index in [0.29, 0.717) is 5.92 Å². The lowest BCUT2D eigenvalue weighted by Crippen LogP contribution is -2.11. The summed E-state index contributed by atoms with van der Waals surface area (Å²) in [6.45, 7) is 8.21. The molecule has 0 aromatic carbocycles. The van der Waals surface area contributed by atoms with E-state index in [4.69, 9.17) is 5.73 Å². The fourth-order valence-corrected chi connectivity index (χ4v) is 1.88. The van der Waals surface area contributed by atoms with Crippen LogP contribution in [0.1, 0.15) is 33.6 Å². The van der Waals surface area contributed by atoms with Crippen LogP contribution in [-0.4, -0.2) is 26.1 Å². The smallest absolute Gasteiger partial charge is 0.224 e. The zero-order chi connectivity index (χ0) is 13.8. The van der Waals surface area contributed by atoms with E-state index in [1.54, 1.807) is 0 Å².